The van der Waals surface area contributed by atoms with E-state index in [0.29, 0.717) is 6.04 Å². The molecule has 0 spiro atoms. The maximum absolute atomic E-state index is 9.65. The molecule has 1 fully saturated rings. The van der Waals surface area contributed by atoms with Crippen LogP contribution in [0.1, 0.15) is 31.4 Å². The summed E-state index contributed by atoms with van der Waals surface area (Å²) in [5.41, 5.74) is 4.17. The third-order valence-electron chi connectivity index (χ3n) is 4.76. The summed E-state index contributed by atoms with van der Waals surface area (Å²) in [6.07, 6.45) is 7.38. The van der Waals surface area contributed by atoms with Gasteiger partial charge in [0, 0.05) is 35.1 Å². The third-order valence-corrected chi connectivity index (χ3v) is 4.76. The lowest BCUT2D eigenvalue weighted by Crippen LogP contribution is -2.28. The Morgan fingerprint density at radius 1 is 1.21 bits per heavy atom. The molecule has 24 heavy (non-hydrogen) atoms. The summed E-state index contributed by atoms with van der Waals surface area (Å²) in [5, 5.41) is 14.3. The smallest absolute Gasteiger partial charge is 0.137 e. The number of nitrogens with zero attached hydrogens (tertiary/aromatic N) is 2. The zero-order valence-corrected chi connectivity index (χ0v) is 13.8. The molecule has 0 unspecified atom stereocenters. The molecule has 0 aliphatic heterocycles. The van der Waals surface area contributed by atoms with E-state index in [1.165, 1.54) is 0 Å². The highest BCUT2D eigenvalue weighted by Crippen LogP contribution is 2.30. The van der Waals surface area contributed by atoms with Crippen molar-refractivity contribution in [1.82, 2.24) is 15.0 Å². The van der Waals surface area contributed by atoms with Crippen LogP contribution in [0, 0.1) is 6.92 Å². The van der Waals surface area contributed by atoms with Crippen LogP contribution in [0.25, 0.3) is 22.2 Å². The number of nitrogens with one attached hydrogen (secondary N) is 2. The summed E-state index contributed by atoms with van der Waals surface area (Å²) < 4.78 is 0. The van der Waals surface area contributed by atoms with E-state index < -0.39 is 0 Å². The first-order valence-corrected chi connectivity index (χ1v) is 8.55. The van der Waals surface area contributed by atoms with Gasteiger partial charge in [0.15, 0.2) is 0 Å². The fourth-order valence-corrected chi connectivity index (χ4v) is 3.52. The summed E-state index contributed by atoms with van der Waals surface area (Å²) in [7, 11) is 0. The van der Waals surface area contributed by atoms with Crippen molar-refractivity contribution >= 4 is 16.9 Å². The first-order valence-electron chi connectivity index (χ1n) is 8.55. The Labute approximate surface area is 141 Å². The Bertz CT molecular complexity index is 849. The monoisotopic (exact) mass is 322 g/mol. The van der Waals surface area contributed by atoms with E-state index in [4.69, 9.17) is 0 Å². The van der Waals surface area contributed by atoms with Gasteiger partial charge in [0.2, 0.25) is 0 Å². The molecule has 1 saturated carbocycles. The number of aromatic amines is 1. The average Bonchev–Trinajstić information content (AvgIpc) is 3.01. The minimum absolute atomic E-state index is 0.136. The maximum atomic E-state index is 9.65. The minimum Gasteiger partial charge on any atom is -0.393 e. The number of aryl methyl sites for hydroxylation is 1. The predicted octanol–water partition coefficient (Wildman–Crippen LogP) is 3.65. The fourth-order valence-electron chi connectivity index (χ4n) is 3.52. The van der Waals surface area contributed by atoms with Crippen LogP contribution in [-0.2, 0) is 0 Å². The molecule has 0 aromatic carbocycles. The molecule has 3 heterocycles. The van der Waals surface area contributed by atoms with Gasteiger partial charge in [0.1, 0.15) is 11.5 Å². The van der Waals surface area contributed by atoms with Crippen LogP contribution < -0.4 is 5.32 Å². The molecule has 1 aliphatic carbocycles. The number of aliphatic hydroxyl groups excluding tert-OH is 1. The molecule has 5 heteroatoms. The Morgan fingerprint density at radius 2 is 2.04 bits per heavy atom. The van der Waals surface area contributed by atoms with Crippen LogP contribution in [0.15, 0.2) is 36.7 Å². The van der Waals surface area contributed by atoms with Crippen molar-refractivity contribution in [2.45, 2.75) is 44.8 Å². The highest BCUT2D eigenvalue weighted by molar-refractivity contribution is 5.93. The Hall–Kier alpha value is -2.40. The van der Waals surface area contributed by atoms with Gasteiger partial charge in [0.25, 0.3) is 0 Å². The largest absolute Gasteiger partial charge is 0.393 e. The molecular weight excluding hydrogens is 300 g/mol. The normalized spacial score (nSPS) is 21.1. The lowest BCUT2D eigenvalue weighted by atomic mass is 9.93. The first kappa shape index (κ1) is 15.1. The standard InChI is InChI=1S/C19H22N4O/c1-12-9-13(17-11-21-19-16(17)3-2-8-20-19)10-18(22-12)23-14-4-6-15(24)7-5-14/h2-3,8-11,14-15,24H,4-7H2,1H3,(H,20,21)(H,22,23)/t14-,15-. The molecule has 3 N–H and O–H groups in total. The van der Waals surface area contributed by atoms with Crippen molar-refractivity contribution < 1.29 is 5.11 Å². The average molecular weight is 322 g/mol. The van der Waals surface area contributed by atoms with E-state index in [1.54, 1.807) is 6.20 Å². The second-order valence-electron chi connectivity index (χ2n) is 6.63. The van der Waals surface area contributed by atoms with Crippen LogP contribution in [-0.4, -0.2) is 32.2 Å². The van der Waals surface area contributed by atoms with Crippen molar-refractivity contribution in [3.05, 3.63) is 42.4 Å². The van der Waals surface area contributed by atoms with E-state index in [-0.39, 0.29) is 6.10 Å². The number of pyridine rings is 2. The second-order valence-corrected chi connectivity index (χ2v) is 6.63. The van der Waals surface area contributed by atoms with Crippen molar-refractivity contribution in [3.63, 3.8) is 0 Å². The predicted molar refractivity (Wildman–Crippen MR) is 95.9 cm³/mol. The number of aliphatic hydroxyl groups is 1. The third kappa shape index (κ3) is 2.99. The number of H-pyrrole nitrogens is 1. The Balaban J connectivity index is 1.64. The van der Waals surface area contributed by atoms with Gasteiger partial charge < -0.3 is 15.4 Å². The van der Waals surface area contributed by atoms with Gasteiger partial charge in [-0.2, -0.15) is 0 Å². The Morgan fingerprint density at radius 3 is 2.88 bits per heavy atom. The van der Waals surface area contributed by atoms with E-state index in [1.807, 2.05) is 19.2 Å². The van der Waals surface area contributed by atoms with Crippen molar-refractivity contribution in [3.8, 4) is 11.1 Å². The summed E-state index contributed by atoms with van der Waals surface area (Å²) in [5.74, 6) is 0.907. The van der Waals surface area contributed by atoms with Gasteiger partial charge in [-0.25, -0.2) is 9.97 Å². The SMILES string of the molecule is Cc1cc(-c2c[nH]c3ncccc23)cc(N[C@H]2CC[C@H](O)CC2)n1. The zero-order valence-electron chi connectivity index (χ0n) is 13.8. The van der Waals surface area contributed by atoms with Crippen molar-refractivity contribution in [1.29, 1.82) is 0 Å². The van der Waals surface area contributed by atoms with Gasteiger partial charge in [-0.05, 0) is 62.4 Å². The summed E-state index contributed by atoms with van der Waals surface area (Å²) in [6.45, 7) is 2.02. The van der Waals surface area contributed by atoms with Crippen LogP contribution >= 0.6 is 0 Å². The second kappa shape index (κ2) is 6.24. The molecule has 0 amide bonds. The highest BCUT2D eigenvalue weighted by Gasteiger charge is 2.19. The maximum Gasteiger partial charge on any atom is 0.137 e. The van der Waals surface area contributed by atoms with E-state index >= 15 is 0 Å². The van der Waals surface area contributed by atoms with Crippen LogP contribution in [0.4, 0.5) is 5.82 Å². The van der Waals surface area contributed by atoms with Gasteiger partial charge in [-0.15, -0.1) is 0 Å². The van der Waals surface area contributed by atoms with E-state index in [2.05, 4.69) is 38.5 Å². The van der Waals surface area contributed by atoms with E-state index in [9.17, 15) is 5.11 Å². The van der Waals surface area contributed by atoms with Crippen LogP contribution in [0.2, 0.25) is 0 Å². The summed E-state index contributed by atoms with van der Waals surface area (Å²) >= 11 is 0. The molecule has 5 nitrogen and oxygen atoms in total. The Kier molecular flexibility index (Phi) is 3.94. The molecule has 0 bridgehead atoms. The topological polar surface area (TPSA) is 73.8 Å². The molecule has 0 radical (unpaired) electrons. The number of aromatic nitrogens is 3. The minimum atomic E-state index is -0.136. The summed E-state index contributed by atoms with van der Waals surface area (Å²) in [6, 6.07) is 8.64. The molecule has 1 aliphatic rings. The van der Waals surface area contributed by atoms with Gasteiger partial charge in [0.05, 0.1) is 6.10 Å². The molecule has 124 valence electrons. The van der Waals surface area contributed by atoms with Crippen molar-refractivity contribution in [2.24, 2.45) is 0 Å². The first-order chi connectivity index (χ1) is 11.7. The molecular formula is C19H22N4O. The number of rotatable bonds is 3. The number of hydrogen-bond donors (Lipinski definition) is 3. The lowest BCUT2D eigenvalue weighted by molar-refractivity contribution is 0.126. The molecule has 0 saturated heterocycles. The highest BCUT2D eigenvalue weighted by atomic mass is 16.3. The van der Waals surface area contributed by atoms with Crippen molar-refractivity contribution in [2.75, 3.05) is 5.32 Å². The number of fused-ring (bicyclic) bond motifs is 1. The molecule has 3 aromatic rings. The van der Waals surface area contributed by atoms with Gasteiger partial charge in [-0.3, -0.25) is 0 Å². The van der Waals surface area contributed by atoms with Crippen LogP contribution in [0.3, 0.4) is 0 Å². The quantitative estimate of drug-likeness (QED) is 0.688. The molecule has 0 atom stereocenters. The molecule has 4 rings (SSSR count). The van der Waals surface area contributed by atoms with Gasteiger partial charge in [-0.1, -0.05) is 0 Å². The van der Waals surface area contributed by atoms with Gasteiger partial charge >= 0.3 is 0 Å². The van der Waals surface area contributed by atoms with E-state index in [0.717, 1.165) is 59.4 Å². The molecule has 3 aromatic heterocycles. The summed E-state index contributed by atoms with van der Waals surface area (Å²) in [4.78, 5) is 12.2. The number of hydrogen-bond acceptors (Lipinski definition) is 4. The fraction of sp³-hybridized carbons (Fsp3) is 0.368. The zero-order chi connectivity index (χ0) is 16.5. The van der Waals surface area contributed by atoms with Crippen LogP contribution in [0.5, 0.6) is 0 Å². The lowest BCUT2D eigenvalue weighted by Gasteiger charge is -2.26. The number of anilines is 1.